The standard InChI is InChI=1S/C16H34N2/c1-3-5-12-18(13-6-4-2)14-15-10-8-7-9-11-16(15)17/h15-16H,3-14,17H2,1-2H3. The molecule has 2 N–H and O–H groups in total. The molecule has 2 unspecified atom stereocenters. The third kappa shape index (κ3) is 6.19. The zero-order chi connectivity index (χ0) is 13.2. The van der Waals surface area contributed by atoms with Gasteiger partial charge in [-0.05, 0) is 44.7 Å². The number of nitrogens with zero attached hydrogens (tertiary/aromatic N) is 1. The fourth-order valence-electron chi connectivity index (χ4n) is 3.03. The Hall–Kier alpha value is -0.0800. The van der Waals surface area contributed by atoms with Gasteiger partial charge in [0.15, 0.2) is 0 Å². The maximum atomic E-state index is 6.36. The number of hydrogen-bond donors (Lipinski definition) is 1. The Morgan fingerprint density at radius 2 is 1.56 bits per heavy atom. The van der Waals surface area contributed by atoms with Gasteiger partial charge in [-0.25, -0.2) is 0 Å². The van der Waals surface area contributed by atoms with Gasteiger partial charge < -0.3 is 10.6 Å². The summed E-state index contributed by atoms with van der Waals surface area (Å²) < 4.78 is 0. The smallest absolute Gasteiger partial charge is 0.00793 e. The lowest BCUT2D eigenvalue weighted by Crippen LogP contribution is -2.39. The molecule has 0 aromatic carbocycles. The summed E-state index contributed by atoms with van der Waals surface area (Å²) in [6.45, 7) is 8.38. The molecule has 1 rings (SSSR count). The van der Waals surface area contributed by atoms with Crippen molar-refractivity contribution in [1.82, 2.24) is 4.90 Å². The quantitative estimate of drug-likeness (QED) is 0.668. The van der Waals surface area contributed by atoms with E-state index in [1.165, 1.54) is 77.4 Å². The van der Waals surface area contributed by atoms with Gasteiger partial charge in [0, 0.05) is 12.6 Å². The minimum atomic E-state index is 0.457. The van der Waals surface area contributed by atoms with E-state index >= 15 is 0 Å². The highest BCUT2D eigenvalue weighted by atomic mass is 15.1. The molecule has 108 valence electrons. The van der Waals surface area contributed by atoms with E-state index in [0.29, 0.717) is 6.04 Å². The van der Waals surface area contributed by atoms with Crippen molar-refractivity contribution in [3.05, 3.63) is 0 Å². The topological polar surface area (TPSA) is 29.3 Å². The average molecular weight is 254 g/mol. The Bertz CT molecular complexity index is 186. The molecule has 1 fully saturated rings. The van der Waals surface area contributed by atoms with Crippen LogP contribution in [0.4, 0.5) is 0 Å². The fourth-order valence-corrected chi connectivity index (χ4v) is 3.03. The highest BCUT2D eigenvalue weighted by Crippen LogP contribution is 2.23. The maximum absolute atomic E-state index is 6.36. The lowest BCUT2D eigenvalue weighted by molar-refractivity contribution is 0.201. The van der Waals surface area contributed by atoms with Crippen molar-refractivity contribution >= 4 is 0 Å². The third-order valence-electron chi connectivity index (χ3n) is 4.37. The summed E-state index contributed by atoms with van der Waals surface area (Å²) in [6.07, 6.45) is 12.0. The monoisotopic (exact) mass is 254 g/mol. The summed E-state index contributed by atoms with van der Waals surface area (Å²) in [4.78, 5) is 2.68. The molecule has 0 saturated heterocycles. The van der Waals surface area contributed by atoms with Crippen LogP contribution in [0.15, 0.2) is 0 Å². The zero-order valence-electron chi connectivity index (χ0n) is 12.7. The van der Waals surface area contributed by atoms with E-state index in [1.54, 1.807) is 0 Å². The van der Waals surface area contributed by atoms with Crippen LogP contribution < -0.4 is 5.73 Å². The first-order chi connectivity index (χ1) is 8.77. The van der Waals surface area contributed by atoms with Crippen LogP contribution in [0.5, 0.6) is 0 Å². The number of rotatable bonds is 8. The minimum absolute atomic E-state index is 0.457. The Morgan fingerprint density at radius 3 is 2.17 bits per heavy atom. The van der Waals surface area contributed by atoms with E-state index < -0.39 is 0 Å². The SMILES string of the molecule is CCCCN(CCCC)CC1CCCCCC1N. The van der Waals surface area contributed by atoms with E-state index in [9.17, 15) is 0 Å². The Morgan fingerprint density at radius 1 is 0.944 bits per heavy atom. The predicted molar refractivity (Wildman–Crippen MR) is 80.8 cm³/mol. The first-order valence-electron chi connectivity index (χ1n) is 8.25. The van der Waals surface area contributed by atoms with Gasteiger partial charge in [0.05, 0.1) is 0 Å². The predicted octanol–water partition coefficient (Wildman–Crippen LogP) is 3.80. The van der Waals surface area contributed by atoms with Gasteiger partial charge in [-0.2, -0.15) is 0 Å². The molecule has 0 spiro atoms. The summed E-state index contributed by atoms with van der Waals surface area (Å²) in [5.41, 5.74) is 6.36. The van der Waals surface area contributed by atoms with Gasteiger partial charge in [0.1, 0.15) is 0 Å². The van der Waals surface area contributed by atoms with Crippen LogP contribution in [0.3, 0.4) is 0 Å². The van der Waals surface area contributed by atoms with E-state index in [2.05, 4.69) is 18.7 Å². The first kappa shape index (κ1) is 16.0. The Balaban J connectivity index is 2.40. The van der Waals surface area contributed by atoms with Crippen LogP contribution in [0.25, 0.3) is 0 Å². The van der Waals surface area contributed by atoms with Crippen LogP contribution in [-0.2, 0) is 0 Å². The zero-order valence-corrected chi connectivity index (χ0v) is 12.7. The van der Waals surface area contributed by atoms with Crippen molar-refractivity contribution in [2.75, 3.05) is 19.6 Å². The summed E-state index contributed by atoms with van der Waals surface area (Å²) >= 11 is 0. The molecule has 0 aliphatic heterocycles. The molecule has 1 aliphatic rings. The van der Waals surface area contributed by atoms with Crippen molar-refractivity contribution in [2.45, 2.75) is 77.7 Å². The molecule has 2 nitrogen and oxygen atoms in total. The highest BCUT2D eigenvalue weighted by Gasteiger charge is 2.22. The van der Waals surface area contributed by atoms with Crippen LogP contribution in [0, 0.1) is 5.92 Å². The van der Waals surface area contributed by atoms with Gasteiger partial charge in [-0.3, -0.25) is 0 Å². The largest absolute Gasteiger partial charge is 0.327 e. The Kier molecular flexibility index (Phi) is 8.70. The number of nitrogens with two attached hydrogens (primary N) is 1. The molecule has 2 heteroatoms. The third-order valence-corrected chi connectivity index (χ3v) is 4.37. The van der Waals surface area contributed by atoms with Crippen molar-refractivity contribution in [2.24, 2.45) is 11.7 Å². The molecule has 0 aromatic rings. The number of unbranched alkanes of at least 4 members (excludes halogenated alkanes) is 2. The molecule has 0 amide bonds. The molecule has 2 atom stereocenters. The van der Waals surface area contributed by atoms with Gasteiger partial charge in [0.25, 0.3) is 0 Å². The summed E-state index contributed by atoms with van der Waals surface area (Å²) in [7, 11) is 0. The molecule has 1 aliphatic carbocycles. The maximum Gasteiger partial charge on any atom is 0.00793 e. The van der Waals surface area contributed by atoms with Gasteiger partial charge in [-0.15, -0.1) is 0 Å². The molecular formula is C16H34N2. The van der Waals surface area contributed by atoms with Crippen LogP contribution in [0.1, 0.15) is 71.6 Å². The second kappa shape index (κ2) is 9.80. The van der Waals surface area contributed by atoms with Gasteiger partial charge in [0.2, 0.25) is 0 Å². The lowest BCUT2D eigenvalue weighted by Gasteiger charge is -2.30. The highest BCUT2D eigenvalue weighted by molar-refractivity contribution is 4.79. The van der Waals surface area contributed by atoms with E-state index in [0.717, 1.165) is 5.92 Å². The molecule has 0 heterocycles. The first-order valence-corrected chi connectivity index (χ1v) is 8.25. The molecule has 0 radical (unpaired) electrons. The van der Waals surface area contributed by atoms with Crippen molar-refractivity contribution in [3.8, 4) is 0 Å². The summed E-state index contributed by atoms with van der Waals surface area (Å²) in [5.74, 6) is 0.751. The number of hydrogen-bond acceptors (Lipinski definition) is 2. The van der Waals surface area contributed by atoms with Crippen molar-refractivity contribution in [3.63, 3.8) is 0 Å². The summed E-state index contributed by atoms with van der Waals surface area (Å²) in [5, 5.41) is 0. The van der Waals surface area contributed by atoms with E-state index in [1.807, 2.05) is 0 Å². The van der Waals surface area contributed by atoms with Crippen molar-refractivity contribution in [1.29, 1.82) is 0 Å². The molecule has 18 heavy (non-hydrogen) atoms. The van der Waals surface area contributed by atoms with Gasteiger partial charge in [-0.1, -0.05) is 46.0 Å². The minimum Gasteiger partial charge on any atom is -0.327 e. The Labute approximate surface area is 114 Å². The average Bonchev–Trinajstić information content (AvgIpc) is 2.58. The molecule has 1 saturated carbocycles. The van der Waals surface area contributed by atoms with Crippen molar-refractivity contribution < 1.29 is 0 Å². The second-order valence-corrected chi connectivity index (χ2v) is 6.07. The van der Waals surface area contributed by atoms with Crippen LogP contribution in [0.2, 0.25) is 0 Å². The molecule has 0 aromatic heterocycles. The van der Waals surface area contributed by atoms with Crippen LogP contribution in [-0.4, -0.2) is 30.6 Å². The van der Waals surface area contributed by atoms with E-state index in [-0.39, 0.29) is 0 Å². The van der Waals surface area contributed by atoms with E-state index in [4.69, 9.17) is 5.73 Å². The molecular weight excluding hydrogens is 220 g/mol. The van der Waals surface area contributed by atoms with Gasteiger partial charge >= 0.3 is 0 Å². The summed E-state index contributed by atoms with van der Waals surface area (Å²) in [6, 6.07) is 0.457. The van der Waals surface area contributed by atoms with Crippen LogP contribution >= 0.6 is 0 Å². The molecule has 0 bridgehead atoms. The second-order valence-electron chi connectivity index (χ2n) is 6.07. The fraction of sp³-hybridized carbons (Fsp3) is 1.00. The normalized spacial score (nSPS) is 25.3. The lowest BCUT2D eigenvalue weighted by atomic mass is 9.94.